The Hall–Kier alpha value is -0.113. The summed E-state index contributed by atoms with van der Waals surface area (Å²) in [6, 6.07) is 0. The minimum absolute atomic E-state index is 0.457. The highest BCUT2D eigenvalue weighted by Crippen LogP contribution is 1.97. The first-order valence-electron chi connectivity index (χ1n) is 3.26. The zero-order chi connectivity index (χ0) is 6.41. The Morgan fingerprint density at radius 1 is 1.50 bits per heavy atom. The van der Waals surface area contributed by atoms with E-state index in [0.29, 0.717) is 5.41 Å². The third-order valence-electron chi connectivity index (χ3n) is 1.13. The summed E-state index contributed by atoms with van der Waals surface area (Å²) in [4.78, 5) is 10.4. The summed E-state index contributed by atoms with van der Waals surface area (Å²) < 4.78 is 0. The van der Waals surface area contributed by atoms with Crippen LogP contribution in [0.25, 0.3) is 0 Å². The van der Waals surface area contributed by atoms with Crippen LogP contribution in [0, 0.1) is 0 Å². The lowest BCUT2D eigenvalue weighted by molar-refractivity contribution is -0.111. The molecule has 0 aliphatic rings. The fourth-order valence-electron chi connectivity index (χ4n) is 0.624. The van der Waals surface area contributed by atoms with Gasteiger partial charge in [-0.15, -0.1) is 0 Å². The summed E-state index contributed by atoms with van der Waals surface area (Å²) in [6.45, 7) is 2.15. The van der Waals surface area contributed by atoms with Gasteiger partial charge >= 0.3 is 0 Å². The fourth-order valence-corrected chi connectivity index (χ4v) is 0.977. The van der Waals surface area contributed by atoms with Gasteiger partial charge in [-0.05, 0) is 6.42 Å². The minimum atomic E-state index is 0.457. The van der Waals surface area contributed by atoms with Crippen molar-refractivity contribution in [3.05, 3.63) is 0 Å². The SMILES string of the molecule is CCCCCC(=O)[SiH3]. The molecule has 0 aromatic carbocycles. The second-order valence-corrected chi connectivity index (χ2v) is 3.27. The molecule has 0 rings (SSSR count). The average molecular weight is 130 g/mol. The zero-order valence-corrected chi connectivity index (χ0v) is 7.74. The van der Waals surface area contributed by atoms with Crippen molar-refractivity contribution in [1.29, 1.82) is 0 Å². The Labute approximate surface area is 53.9 Å². The minimum Gasteiger partial charge on any atom is -0.307 e. The molecule has 0 aromatic heterocycles. The standard InChI is InChI=1S/C6H14OSi/c1-2-3-4-5-6(7)8/h2-5H2,1,8H3. The molecule has 0 saturated heterocycles. The van der Waals surface area contributed by atoms with Crippen LogP contribution in [-0.2, 0) is 4.79 Å². The van der Waals surface area contributed by atoms with Crippen LogP contribution in [0.2, 0.25) is 0 Å². The van der Waals surface area contributed by atoms with Crippen LogP contribution in [0.4, 0.5) is 0 Å². The highest BCUT2D eigenvalue weighted by Gasteiger charge is 1.89. The fraction of sp³-hybridized carbons (Fsp3) is 0.833. The Bertz CT molecular complexity index is 70.9. The molecule has 0 aromatic rings. The van der Waals surface area contributed by atoms with Crippen LogP contribution in [0.1, 0.15) is 32.6 Å². The van der Waals surface area contributed by atoms with E-state index in [1.165, 1.54) is 12.8 Å². The van der Waals surface area contributed by atoms with E-state index in [2.05, 4.69) is 6.92 Å². The lowest BCUT2D eigenvalue weighted by atomic mass is 10.2. The van der Waals surface area contributed by atoms with Gasteiger partial charge in [-0.1, -0.05) is 19.8 Å². The molecule has 0 N–H and O–H groups in total. The first kappa shape index (κ1) is 7.89. The van der Waals surface area contributed by atoms with Crippen LogP contribution in [0.5, 0.6) is 0 Å². The van der Waals surface area contributed by atoms with Crippen molar-refractivity contribution in [2.75, 3.05) is 0 Å². The van der Waals surface area contributed by atoms with E-state index >= 15 is 0 Å². The number of carbonyl (C=O) groups is 1. The van der Waals surface area contributed by atoms with E-state index in [4.69, 9.17) is 0 Å². The number of rotatable bonds is 4. The van der Waals surface area contributed by atoms with Crippen molar-refractivity contribution in [3.8, 4) is 0 Å². The molecule has 0 amide bonds. The van der Waals surface area contributed by atoms with Crippen molar-refractivity contribution in [1.82, 2.24) is 0 Å². The molecule has 2 heteroatoms. The number of hydrogen-bond acceptors (Lipinski definition) is 1. The molecule has 0 aliphatic carbocycles. The van der Waals surface area contributed by atoms with Gasteiger partial charge in [0.1, 0.15) is 5.41 Å². The first-order chi connectivity index (χ1) is 3.77. The van der Waals surface area contributed by atoms with Gasteiger partial charge in [-0.2, -0.15) is 0 Å². The summed E-state index contributed by atoms with van der Waals surface area (Å²) in [7, 11) is 0.747. The van der Waals surface area contributed by atoms with Gasteiger partial charge in [0.25, 0.3) is 0 Å². The molecule has 1 nitrogen and oxygen atoms in total. The molecule has 0 radical (unpaired) electrons. The molecule has 0 unspecified atom stereocenters. The predicted octanol–water partition coefficient (Wildman–Crippen LogP) is 0.459. The maximum atomic E-state index is 10.4. The quantitative estimate of drug-likeness (QED) is 0.399. The Morgan fingerprint density at radius 2 is 2.12 bits per heavy atom. The molecular formula is C6H14OSi. The van der Waals surface area contributed by atoms with Gasteiger partial charge < -0.3 is 4.79 Å². The van der Waals surface area contributed by atoms with Crippen LogP contribution >= 0.6 is 0 Å². The van der Waals surface area contributed by atoms with Gasteiger partial charge in [-0.25, -0.2) is 0 Å². The molecule has 0 fully saturated rings. The zero-order valence-electron chi connectivity index (χ0n) is 5.74. The van der Waals surface area contributed by atoms with Crippen molar-refractivity contribution in [3.63, 3.8) is 0 Å². The van der Waals surface area contributed by atoms with E-state index < -0.39 is 0 Å². The van der Waals surface area contributed by atoms with Gasteiger partial charge in [0, 0.05) is 6.42 Å². The molecule has 0 spiro atoms. The molecule has 0 aliphatic heterocycles. The predicted molar refractivity (Wildman–Crippen MR) is 39.1 cm³/mol. The molecule has 8 heavy (non-hydrogen) atoms. The number of hydrogen-bond donors (Lipinski definition) is 0. The van der Waals surface area contributed by atoms with Gasteiger partial charge in [0.2, 0.25) is 0 Å². The number of unbranched alkanes of at least 4 members (excludes halogenated alkanes) is 2. The van der Waals surface area contributed by atoms with Gasteiger partial charge in [0.15, 0.2) is 0 Å². The molecule has 0 atom stereocenters. The maximum Gasteiger partial charge on any atom is 0.100 e. The summed E-state index contributed by atoms with van der Waals surface area (Å²) in [5.74, 6) is 0. The average Bonchev–Trinajstić information content (AvgIpc) is 1.66. The van der Waals surface area contributed by atoms with Crippen molar-refractivity contribution in [2.24, 2.45) is 0 Å². The second kappa shape index (κ2) is 5.03. The van der Waals surface area contributed by atoms with Crippen molar-refractivity contribution >= 4 is 15.6 Å². The van der Waals surface area contributed by atoms with Crippen LogP contribution in [0.3, 0.4) is 0 Å². The van der Waals surface area contributed by atoms with E-state index in [1.54, 1.807) is 0 Å². The highest BCUT2D eigenvalue weighted by molar-refractivity contribution is 6.57. The normalized spacial score (nSPS) is 9.62. The summed E-state index contributed by atoms with van der Waals surface area (Å²) >= 11 is 0. The Balaban J connectivity index is 2.82. The monoisotopic (exact) mass is 130 g/mol. The van der Waals surface area contributed by atoms with Crippen LogP contribution < -0.4 is 0 Å². The van der Waals surface area contributed by atoms with Gasteiger partial charge in [0.05, 0.1) is 10.2 Å². The van der Waals surface area contributed by atoms with E-state index in [1.807, 2.05) is 0 Å². The first-order valence-corrected chi connectivity index (χ1v) is 4.26. The molecule has 0 bridgehead atoms. The molecular weight excluding hydrogens is 116 g/mol. The third kappa shape index (κ3) is 5.89. The summed E-state index contributed by atoms with van der Waals surface area (Å²) in [6.07, 6.45) is 4.38. The van der Waals surface area contributed by atoms with Gasteiger partial charge in [-0.3, -0.25) is 0 Å². The summed E-state index contributed by atoms with van der Waals surface area (Å²) in [5, 5.41) is 0.457. The molecule has 0 heterocycles. The molecule has 0 saturated carbocycles. The highest BCUT2D eigenvalue weighted by atomic mass is 28.1. The maximum absolute atomic E-state index is 10.4. The lowest BCUT2D eigenvalue weighted by Crippen LogP contribution is -1.93. The largest absolute Gasteiger partial charge is 0.307 e. The van der Waals surface area contributed by atoms with Crippen molar-refractivity contribution in [2.45, 2.75) is 32.6 Å². The van der Waals surface area contributed by atoms with E-state index in [0.717, 1.165) is 23.1 Å². The van der Waals surface area contributed by atoms with E-state index in [9.17, 15) is 4.79 Å². The third-order valence-corrected chi connectivity index (χ3v) is 1.63. The van der Waals surface area contributed by atoms with Crippen molar-refractivity contribution < 1.29 is 4.79 Å². The smallest absolute Gasteiger partial charge is 0.100 e. The number of carbonyl (C=O) groups excluding carboxylic acids is 1. The van der Waals surface area contributed by atoms with Crippen LogP contribution in [0.15, 0.2) is 0 Å². The molecule has 48 valence electrons. The second-order valence-electron chi connectivity index (χ2n) is 2.16. The lowest BCUT2D eigenvalue weighted by Gasteiger charge is -1.90. The summed E-state index contributed by atoms with van der Waals surface area (Å²) in [5.41, 5.74) is 0. The van der Waals surface area contributed by atoms with Crippen LogP contribution in [-0.4, -0.2) is 15.6 Å². The van der Waals surface area contributed by atoms with E-state index in [-0.39, 0.29) is 0 Å². The topological polar surface area (TPSA) is 17.1 Å². The Kier molecular flexibility index (Phi) is 4.96. The Morgan fingerprint density at radius 3 is 2.50 bits per heavy atom.